The third-order valence-electron chi connectivity index (χ3n) is 4.38. The minimum absolute atomic E-state index is 0.0860. The molecule has 0 amide bonds. The van der Waals surface area contributed by atoms with Gasteiger partial charge in [0.05, 0.1) is 35.9 Å². The number of hydrogen-bond donors (Lipinski definition) is 0. The van der Waals surface area contributed by atoms with Gasteiger partial charge in [-0.25, -0.2) is 4.79 Å². The molecule has 1 heterocycles. The van der Waals surface area contributed by atoms with Crippen LogP contribution in [0.15, 0.2) is 22.2 Å². The summed E-state index contributed by atoms with van der Waals surface area (Å²) in [5.74, 6) is -0.0218. The lowest BCUT2D eigenvalue weighted by atomic mass is 10.0. The largest absolute Gasteiger partial charge is 0.492 e. The van der Waals surface area contributed by atoms with Gasteiger partial charge < -0.3 is 14.2 Å². The molecule has 0 atom stereocenters. The summed E-state index contributed by atoms with van der Waals surface area (Å²) in [6, 6.07) is 7.35. The highest BCUT2D eigenvalue weighted by atomic mass is 79.9. The Morgan fingerprint density at radius 1 is 1.22 bits per heavy atom. The van der Waals surface area contributed by atoms with Gasteiger partial charge >= 0.3 is 5.97 Å². The fourth-order valence-corrected chi connectivity index (χ4v) is 4.72. The second kappa shape index (κ2) is 11.5. The summed E-state index contributed by atoms with van der Waals surface area (Å²) in [5, 5.41) is 19.1. The van der Waals surface area contributed by atoms with E-state index in [1.807, 2.05) is 19.1 Å². The standard InChI is InChI=1S/C23H21BrN2O5S/c1-5-30-19-9-14(8-17(24)21(19)29-4)7-15(11-25)18(27)10-20-16(12-26)13(3)22(32-20)23(28)31-6-2/h7-9H,5-6,10H2,1-4H3/b15-7+. The van der Waals surface area contributed by atoms with Crippen LogP contribution in [0.2, 0.25) is 0 Å². The highest BCUT2D eigenvalue weighted by Crippen LogP contribution is 2.37. The quantitative estimate of drug-likeness (QED) is 0.262. The summed E-state index contributed by atoms with van der Waals surface area (Å²) in [7, 11) is 1.52. The summed E-state index contributed by atoms with van der Waals surface area (Å²) in [6.45, 7) is 5.78. The molecule has 9 heteroatoms. The van der Waals surface area contributed by atoms with Crippen LogP contribution in [0.1, 0.15) is 45.1 Å². The highest BCUT2D eigenvalue weighted by Gasteiger charge is 2.23. The van der Waals surface area contributed by atoms with E-state index in [0.717, 1.165) is 11.3 Å². The lowest BCUT2D eigenvalue weighted by molar-refractivity contribution is -0.114. The zero-order chi connectivity index (χ0) is 23.8. The summed E-state index contributed by atoms with van der Waals surface area (Å²) in [6.07, 6.45) is 1.27. The van der Waals surface area contributed by atoms with Crippen molar-refractivity contribution in [1.29, 1.82) is 10.5 Å². The molecule has 0 aliphatic rings. The number of ketones is 1. The molecule has 0 N–H and O–H groups in total. The van der Waals surface area contributed by atoms with Crippen LogP contribution in [-0.4, -0.2) is 32.1 Å². The molecule has 0 spiro atoms. The highest BCUT2D eigenvalue weighted by molar-refractivity contribution is 9.10. The van der Waals surface area contributed by atoms with Crippen molar-refractivity contribution in [3.8, 4) is 23.6 Å². The minimum atomic E-state index is -0.534. The van der Waals surface area contributed by atoms with Crippen molar-refractivity contribution in [3.63, 3.8) is 0 Å². The fraction of sp³-hybridized carbons (Fsp3) is 0.304. The molecule has 166 valence electrons. The zero-order valence-corrected chi connectivity index (χ0v) is 20.5. The number of nitrogens with zero attached hydrogens (tertiary/aromatic N) is 2. The van der Waals surface area contributed by atoms with E-state index in [1.54, 1.807) is 26.0 Å². The Kier molecular flexibility index (Phi) is 9.01. The maximum atomic E-state index is 12.9. The van der Waals surface area contributed by atoms with Crippen molar-refractivity contribution in [3.05, 3.63) is 48.6 Å². The smallest absolute Gasteiger partial charge is 0.348 e. The number of rotatable bonds is 9. The molecule has 0 radical (unpaired) electrons. The number of carbonyl (C=O) groups excluding carboxylic acids is 2. The first-order valence-electron chi connectivity index (χ1n) is 9.65. The Labute approximate surface area is 198 Å². The molecule has 2 aromatic rings. The van der Waals surface area contributed by atoms with E-state index in [9.17, 15) is 20.1 Å². The summed E-state index contributed by atoms with van der Waals surface area (Å²) >= 11 is 4.45. The first-order chi connectivity index (χ1) is 15.3. The van der Waals surface area contributed by atoms with Gasteiger partial charge in [-0.3, -0.25) is 4.79 Å². The van der Waals surface area contributed by atoms with Crippen LogP contribution in [0.3, 0.4) is 0 Å². The molecular formula is C23H21BrN2O5S. The Morgan fingerprint density at radius 2 is 1.94 bits per heavy atom. The fourth-order valence-electron chi connectivity index (χ4n) is 2.95. The van der Waals surface area contributed by atoms with E-state index >= 15 is 0 Å². The monoisotopic (exact) mass is 516 g/mol. The van der Waals surface area contributed by atoms with Gasteiger partial charge in [0, 0.05) is 11.3 Å². The second-order valence-corrected chi connectivity index (χ2v) is 8.38. The van der Waals surface area contributed by atoms with Crippen molar-refractivity contribution >= 4 is 45.1 Å². The van der Waals surface area contributed by atoms with Crippen LogP contribution in [0.25, 0.3) is 6.08 Å². The molecule has 32 heavy (non-hydrogen) atoms. The van der Waals surface area contributed by atoms with E-state index in [1.165, 1.54) is 13.2 Å². The Bertz CT molecular complexity index is 1150. The average molecular weight is 517 g/mol. The van der Waals surface area contributed by atoms with Crippen LogP contribution in [0.4, 0.5) is 0 Å². The van der Waals surface area contributed by atoms with Gasteiger partial charge in [0.1, 0.15) is 17.0 Å². The number of benzene rings is 1. The number of Topliss-reactive ketones (excluding diaryl/α,β-unsaturated/α-hetero) is 1. The van der Waals surface area contributed by atoms with Crippen molar-refractivity contribution in [2.45, 2.75) is 27.2 Å². The number of hydrogen-bond acceptors (Lipinski definition) is 8. The summed E-state index contributed by atoms with van der Waals surface area (Å²) < 4.78 is 16.5. The van der Waals surface area contributed by atoms with Crippen LogP contribution >= 0.6 is 27.3 Å². The number of esters is 1. The topological polar surface area (TPSA) is 109 Å². The van der Waals surface area contributed by atoms with Crippen LogP contribution in [0, 0.1) is 29.6 Å². The minimum Gasteiger partial charge on any atom is -0.492 e. The molecule has 1 aromatic carbocycles. The average Bonchev–Trinajstić information content (AvgIpc) is 3.07. The first-order valence-corrected chi connectivity index (χ1v) is 11.3. The molecule has 0 saturated carbocycles. The molecule has 0 aliphatic heterocycles. The van der Waals surface area contributed by atoms with E-state index in [4.69, 9.17) is 14.2 Å². The maximum absolute atomic E-state index is 12.9. The maximum Gasteiger partial charge on any atom is 0.348 e. The van der Waals surface area contributed by atoms with Crippen molar-refractivity contribution in [2.24, 2.45) is 0 Å². The molecule has 1 aromatic heterocycles. The molecule has 0 saturated heterocycles. The second-order valence-electron chi connectivity index (χ2n) is 6.42. The lowest BCUT2D eigenvalue weighted by Crippen LogP contribution is -2.05. The molecular weight excluding hydrogens is 496 g/mol. The molecule has 7 nitrogen and oxygen atoms in total. The summed E-state index contributed by atoms with van der Waals surface area (Å²) in [4.78, 5) is 25.7. The molecule has 2 rings (SSSR count). The van der Waals surface area contributed by atoms with Gasteiger partial charge in [0.15, 0.2) is 17.3 Å². The SMILES string of the molecule is CCOC(=O)c1sc(CC(=O)/C(C#N)=C/c2cc(Br)c(OC)c(OCC)c2)c(C#N)c1C. The molecule has 0 fully saturated rings. The number of methoxy groups -OCH3 is 1. The zero-order valence-electron chi connectivity index (χ0n) is 18.1. The van der Waals surface area contributed by atoms with Crippen molar-refractivity contribution < 1.29 is 23.8 Å². The van der Waals surface area contributed by atoms with Gasteiger partial charge in [-0.15, -0.1) is 11.3 Å². The first kappa shape index (κ1) is 25.1. The van der Waals surface area contributed by atoms with Gasteiger partial charge in [-0.1, -0.05) is 0 Å². The third-order valence-corrected chi connectivity index (χ3v) is 6.24. The lowest BCUT2D eigenvalue weighted by Gasteiger charge is -2.12. The Hall–Kier alpha value is -3.14. The number of ether oxygens (including phenoxy) is 3. The van der Waals surface area contributed by atoms with Crippen molar-refractivity contribution in [2.75, 3.05) is 20.3 Å². The number of allylic oxidation sites excluding steroid dienone is 1. The molecule has 0 aliphatic carbocycles. The van der Waals surface area contributed by atoms with E-state index in [0.29, 0.717) is 38.6 Å². The van der Waals surface area contributed by atoms with Crippen LogP contribution in [0.5, 0.6) is 11.5 Å². The molecule has 0 unspecified atom stereocenters. The van der Waals surface area contributed by atoms with Crippen LogP contribution < -0.4 is 9.47 Å². The van der Waals surface area contributed by atoms with Gasteiger partial charge in [-0.2, -0.15) is 10.5 Å². The Balaban J connectivity index is 2.40. The normalized spacial score (nSPS) is 10.8. The number of halogens is 1. The van der Waals surface area contributed by atoms with E-state index in [-0.39, 0.29) is 29.0 Å². The summed E-state index contributed by atoms with van der Waals surface area (Å²) in [5.41, 5.74) is 1.22. The number of carbonyl (C=O) groups is 2. The number of nitriles is 2. The molecule has 0 bridgehead atoms. The third kappa shape index (κ3) is 5.56. The van der Waals surface area contributed by atoms with E-state index < -0.39 is 11.8 Å². The van der Waals surface area contributed by atoms with Crippen molar-refractivity contribution in [1.82, 2.24) is 0 Å². The van der Waals surface area contributed by atoms with Gasteiger partial charge in [0.2, 0.25) is 0 Å². The predicted octanol–water partition coefficient (Wildman–Crippen LogP) is 4.99. The predicted molar refractivity (Wildman–Crippen MR) is 124 cm³/mol. The van der Waals surface area contributed by atoms with Gasteiger partial charge in [0.25, 0.3) is 0 Å². The van der Waals surface area contributed by atoms with E-state index in [2.05, 4.69) is 15.9 Å². The Morgan fingerprint density at radius 3 is 2.50 bits per heavy atom. The van der Waals surface area contributed by atoms with Crippen LogP contribution in [-0.2, 0) is 16.0 Å². The number of thiophene rings is 1. The van der Waals surface area contributed by atoms with Gasteiger partial charge in [-0.05, 0) is 66.0 Å².